The largest absolute Gasteiger partial charge is 0.299 e. The summed E-state index contributed by atoms with van der Waals surface area (Å²) in [6.07, 6.45) is 1.62. The summed E-state index contributed by atoms with van der Waals surface area (Å²) >= 11 is 3.33. The summed E-state index contributed by atoms with van der Waals surface area (Å²) < 4.78 is 29.4. The Balaban J connectivity index is 2.05. The van der Waals surface area contributed by atoms with Gasteiger partial charge in [0.25, 0.3) is 21.0 Å². The Morgan fingerprint density at radius 3 is 2.68 bits per heavy atom. The first-order valence-electron chi connectivity index (χ1n) is 6.35. The average molecular weight is 382 g/mol. The molecule has 0 radical (unpaired) electrons. The molecule has 2 aromatic heterocycles. The molecule has 0 aliphatic carbocycles. The number of benzene rings is 1. The normalized spacial score (nSPS) is 11.8. The molecular weight excluding hydrogens is 370 g/mol. The first-order chi connectivity index (χ1) is 10.4. The Hall–Kier alpha value is -2.00. The van der Waals surface area contributed by atoms with E-state index in [1.165, 1.54) is 4.52 Å². The van der Waals surface area contributed by atoms with Crippen LogP contribution < -0.4 is 4.72 Å². The van der Waals surface area contributed by atoms with Crippen LogP contribution in [-0.4, -0.2) is 28.0 Å². The number of hydrogen-bond donors (Lipinski definition) is 1. The molecule has 0 aliphatic rings. The smallest absolute Gasteiger partial charge is 0.276 e. The van der Waals surface area contributed by atoms with E-state index >= 15 is 0 Å². The van der Waals surface area contributed by atoms with Crippen LogP contribution in [0.2, 0.25) is 0 Å². The Labute approximate surface area is 135 Å². The van der Waals surface area contributed by atoms with Crippen LogP contribution in [0.3, 0.4) is 0 Å². The predicted octanol–water partition coefficient (Wildman–Crippen LogP) is 2.30. The van der Waals surface area contributed by atoms with Crippen molar-refractivity contribution in [3.63, 3.8) is 0 Å². The third-order valence-electron chi connectivity index (χ3n) is 3.03. The number of anilines is 1. The van der Waals surface area contributed by atoms with Crippen molar-refractivity contribution in [2.75, 3.05) is 4.72 Å². The van der Waals surface area contributed by atoms with Crippen LogP contribution in [-0.2, 0) is 10.0 Å². The van der Waals surface area contributed by atoms with Gasteiger partial charge in [-0.15, -0.1) is 5.10 Å². The predicted molar refractivity (Wildman–Crippen MR) is 85.2 cm³/mol. The van der Waals surface area contributed by atoms with E-state index < -0.39 is 10.0 Å². The van der Waals surface area contributed by atoms with Crippen LogP contribution in [0.5, 0.6) is 0 Å². The highest BCUT2D eigenvalue weighted by Crippen LogP contribution is 2.27. The minimum absolute atomic E-state index is 0.240. The summed E-state index contributed by atoms with van der Waals surface area (Å²) in [6.45, 7) is 3.61. The van der Waals surface area contributed by atoms with Gasteiger partial charge in [-0.25, -0.2) is 9.50 Å². The summed E-state index contributed by atoms with van der Waals surface area (Å²) in [5, 5.41) is 3.64. The molecule has 0 bridgehead atoms. The zero-order chi connectivity index (χ0) is 15.9. The molecule has 0 unspecified atom stereocenters. The molecule has 7 nitrogen and oxygen atoms in total. The van der Waals surface area contributed by atoms with Gasteiger partial charge in [0, 0.05) is 16.4 Å². The molecular formula is C13H12BrN5O2S. The lowest BCUT2D eigenvalue weighted by Gasteiger charge is -2.09. The van der Waals surface area contributed by atoms with E-state index in [9.17, 15) is 8.42 Å². The van der Waals surface area contributed by atoms with Crippen molar-refractivity contribution >= 4 is 37.4 Å². The molecule has 3 rings (SSSR count). The second-order valence-corrected chi connectivity index (χ2v) is 7.18. The lowest BCUT2D eigenvalue weighted by molar-refractivity contribution is 0.592. The van der Waals surface area contributed by atoms with Crippen LogP contribution in [0.4, 0.5) is 5.69 Å². The highest BCUT2D eigenvalue weighted by Gasteiger charge is 2.22. The van der Waals surface area contributed by atoms with Gasteiger partial charge in [-0.3, -0.25) is 4.72 Å². The molecule has 9 heteroatoms. The van der Waals surface area contributed by atoms with Crippen LogP contribution in [0.1, 0.15) is 11.3 Å². The SMILES string of the molecule is Cc1ccn2nc(S(=O)(=O)Nc3c(C)cccc3Br)nc2n1. The fourth-order valence-corrected chi connectivity index (χ4v) is 3.62. The maximum atomic E-state index is 12.5. The van der Waals surface area contributed by atoms with Crippen LogP contribution in [0.15, 0.2) is 40.1 Å². The van der Waals surface area contributed by atoms with Gasteiger partial charge in [-0.2, -0.15) is 13.4 Å². The number of aryl methyl sites for hydroxylation is 2. The highest BCUT2D eigenvalue weighted by molar-refractivity contribution is 9.10. The number of fused-ring (bicyclic) bond motifs is 1. The monoisotopic (exact) mass is 381 g/mol. The third kappa shape index (κ3) is 2.69. The van der Waals surface area contributed by atoms with Crippen molar-refractivity contribution in [2.45, 2.75) is 19.0 Å². The van der Waals surface area contributed by atoms with Gasteiger partial charge in [-0.05, 0) is 47.5 Å². The van der Waals surface area contributed by atoms with Crippen molar-refractivity contribution in [1.82, 2.24) is 19.6 Å². The molecule has 0 saturated heterocycles. The van der Waals surface area contributed by atoms with Crippen LogP contribution >= 0.6 is 15.9 Å². The van der Waals surface area contributed by atoms with Gasteiger partial charge in [-0.1, -0.05) is 12.1 Å². The van der Waals surface area contributed by atoms with E-state index in [0.29, 0.717) is 10.2 Å². The minimum atomic E-state index is -3.90. The molecule has 0 fully saturated rings. The number of para-hydroxylation sites is 1. The standard InChI is InChI=1S/C13H12BrN5O2S/c1-8-4-3-5-10(14)11(8)18-22(20,21)13-16-12-15-9(2)6-7-19(12)17-13/h3-7,18H,1-2H3. The quantitative estimate of drug-likeness (QED) is 0.751. The molecule has 0 spiro atoms. The Bertz CT molecular complexity index is 947. The fraction of sp³-hybridized carbons (Fsp3) is 0.154. The Morgan fingerprint density at radius 1 is 1.18 bits per heavy atom. The summed E-state index contributed by atoms with van der Waals surface area (Å²) in [4.78, 5) is 8.12. The van der Waals surface area contributed by atoms with E-state index in [1.54, 1.807) is 25.3 Å². The number of sulfonamides is 1. The van der Waals surface area contributed by atoms with Crippen LogP contribution in [0.25, 0.3) is 5.78 Å². The highest BCUT2D eigenvalue weighted by atomic mass is 79.9. The van der Waals surface area contributed by atoms with Crippen molar-refractivity contribution in [2.24, 2.45) is 0 Å². The molecule has 3 aromatic rings. The molecule has 2 heterocycles. The Kier molecular flexibility index (Phi) is 3.61. The molecule has 0 saturated carbocycles. The average Bonchev–Trinajstić information content (AvgIpc) is 2.87. The molecule has 114 valence electrons. The van der Waals surface area contributed by atoms with Gasteiger partial charge >= 0.3 is 0 Å². The van der Waals surface area contributed by atoms with E-state index in [0.717, 1.165) is 11.3 Å². The van der Waals surface area contributed by atoms with Crippen molar-refractivity contribution in [3.8, 4) is 0 Å². The molecule has 22 heavy (non-hydrogen) atoms. The first kappa shape index (κ1) is 14.9. The van der Waals surface area contributed by atoms with Crippen LogP contribution in [0, 0.1) is 13.8 Å². The maximum absolute atomic E-state index is 12.5. The second-order valence-electron chi connectivity index (χ2n) is 4.75. The molecule has 0 aliphatic heterocycles. The number of halogens is 1. The van der Waals surface area contributed by atoms with E-state index in [4.69, 9.17) is 0 Å². The molecule has 0 atom stereocenters. The summed E-state index contributed by atoms with van der Waals surface area (Å²) in [5.41, 5.74) is 1.99. The second kappa shape index (κ2) is 5.33. The van der Waals surface area contributed by atoms with Gasteiger partial charge in [0.05, 0.1) is 5.69 Å². The summed E-state index contributed by atoms with van der Waals surface area (Å²) in [5.74, 6) is 0.240. The van der Waals surface area contributed by atoms with Gasteiger partial charge in [0.1, 0.15) is 0 Å². The van der Waals surface area contributed by atoms with Gasteiger partial charge in [0.2, 0.25) is 0 Å². The zero-order valence-electron chi connectivity index (χ0n) is 11.8. The van der Waals surface area contributed by atoms with Crippen molar-refractivity contribution in [1.29, 1.82) is 0 Å². The topological polar surface area (TPSA) is 89.3 Å². The number of nitrogens with one attached hydrogen (secondary N) is 1. The molecule has 0 amide bonds. The number of rotatable bonds is 3. The first-order valence-corrected chi connectivity index (χ1v) is 8.62. The van der Waals surface area contributed by atoms with Crippen molar-refractivity contribution < 1.29 is 8.42 Å². The number of hydrogen-bond acceptors (Lipinski definition) is 5. The number of nitrogens with zero attached hydrogens (tertiary/aromatic N) is 4. The summed E-state index contributed by atoms with van der Waals surface area (Å²) in [7, 11) is -3.90. The molecule has 1 aromatic carbocycles. The minimum Gasteiger partial charge on any atom is -0.276 e. The summed E-state index contributed by atoms with van der Waals surface area (Å²) in [6, 6.07) is 7.12. The lowest BCUT2D eigenvalue weighted by Crippen LogP contribution is -2.16. The van der Waals surface area contributed by atoms with Gasteiger partial charge in [0.15, 0.2) is 0 Å². The zero-order valence-corrected chi connectivity index (χ0v) is 14.2. The maximum Gasteiger partial charge on any atom is 0.299 e. The number of aromatic nitrogens is 4. The van der Waals surface area contributed by atoms with E-state index in [2.05, 4.69) is 35.7 Å². The van der Waals surface area contributed by atoms with Crippen molar-refractivity contribution in [3.05, 3.63) is 46.2 Å². The molecule has 1 N–H and O–H groups in total. The fourth-order valence-electron chi connectivity index (χ4n) is 1.90. The third-order valence-corrected chi connectivity index (χ3v) is 4.81. The van der Waals surface area contributed by atoms with E-state index in [1.807, 2.05) is 19.1 Å². The Morgan fingerprint density at radius 2 is 1.95 bits per heavy atom. The van der Waals surface area contributed by atoms with E-state index in [-0.39, 0.29) is 10.9 Å². The lowest BCUT2D eigenvalue weighted by atomic mass is 10.2. The van der Waals surface area contributed by atoms with Gasteiger partial charge < -0.3 is 0 Å².